The summed E-state index contributed by atoms with van der Waals surface area (Å²) in [4.78, 5) is 51.9. The van der Waals surface area contributed by atoms with E-state index in [2.05, 4.69) is 10.6 Å². The largest absolute Gasteiger partial charge is 0.480 e. The highest BCUT2D eigenvalue weighted by molar-refractivity contribution is 5.94. The van der Waals surface area contributed by atoms with E-state index in [1.54, 1.807) is 6.92 Å². The molecule has 0 aromatic carbocycles. The first kappa shape index (κ1) is 26.9. The lowest BCUT2D eigenvalue weighted by Crippen LogP contribution is -2.59. The molecule has 178 valence electrons. The number of likely N-dealkylation sites (tertiary alicyclic amines) is 1. The summed E-state index contributed by atoms with van der Waals surface area (Å²) in [5.41, 5.74) is 5.95. The third-order valence-electron chi connectivity index (χ3n) is 6.41. The second-order valence-corrected chi connectivity index (χ2v) is 9.04. The van der Waals surface area contributed by atoms with Crippen LogP contribution in [0.4, 0.5) is 0 Å². The van der Waals surface area contributed by atoms with Crippen molar-refractivity contribution >= 4 is 23.7 Å². The van der Waals surface area contributed by atoms with E-state index < -0.39 is 42.0 Å². The minimum atomic E-state index is -1.09. The van der Waals surface area contributed by atoms with Gasteiger partial charge in [-0.25, -0.2) is 4.79 Å². The lowest BCUT2D eigenvalue weighted by Gasteiger charge is -2.33. The standard InChI is InChI=1S/C22H40N4O5/c1-7-13(5)17(24-20(28)16(23)12(3)4)21(29)26-11-9-10-15(26)19(27)25-18(22(30)31)14(6)8-2/h12-18H,7-11,23H2,1-6H3,(H,24,28)(H,25,27)(H,30,31). The smallest absolute Gasteiger partial charge is 0.326 e. The van der Waals surface area contributed by atoms with Crippen LogP contribution >= 0.6 is 0 Å². The molecule has 1 heterocycles. The quantitative estimate of drug-likeness (QED) is 0.379. The highest BCUT2D eigenvalue weighted by atomic mass is 16.4. The van der Waals surface area contributed by atoms with Crippen molar-refractivity contribution in [3.63, 3.8) is 0 Å². The Morgan fingerprint density at radius 1 is 1.00 bits per heavy atom. The maximum absolute atomic E-state index is 13.4. The van der Waals surface area contributed by atoms with Crippen LogP contribution in [0.3, 0.4) is 0 Å². The van der Waals surface area contributed by atoms with E-state index in [1.165, 1.54) is 4.90 Å². The Hall–Kier alpha value is -2.16. The summed E-state index contributed by atoms with van der Waals surface area (Å²) in [5.74, 6) is -2.74. The molecule has 31 heavy (non-hydrogen) atoms. The van der Waals surface area contributed by atoms with E-state index in [1.807, 2.05) is 34.6 Å². The maximum Gasteiger partial charge on any atom is 0.326 e. The van der Waals surface area contributed by atoms with Gasteiger partial charge in [0, 0.05) is 6.54 Å². The van der Waals surface area contributed by atoms with E-state index in [-0.39, 0.29) is 23.7 Å². The van der Waals surface area contributed by atoms with Gasteiger partial charge in [0.1, 0.15) is 18.1 Å². The molecule has 0 aromatic rings. The molecule has 1 rings (SSSR count). The first-order valence-corrected chi connectivity index (χ1v) is 11.4. The SMILES string of the molecule is CCC(C)C(NC(=O)C1CCCN1C(=O)C(NC(=O)C(N)C(C)C)C(C)CC)C(=O)O. The van der Waals surface area contributed by atoms with Gasteiger partial charge in [-0.05, 0) is 30.6 Å². The van der Waals surface area contributed by atoms with Crippen LogP contribution in [-0.4, -0.2) is 64.4 Å². The van der Waals surface area contributed by atoms with Crippen molar-refractivity contribution in [3.8, 4) is 0 Å². The summed E-state index contributed by atoms with van der Waals surface area (Å²) in [6.45, 7) is 11.5. The molecule has 9 heteroatoms. The molecule has 1 fully saturated rings. The molecule has 0 aromatic heterocycles. The third kappa shape index (κ3) is 6.92. The molecule has 0 radical (unpaired) electrons. The molecule has 0 aliphatic carbocycles. The molecular weight excluding hydrogens is 400 g/mol. The molecule has 6 unspecified atom stereocenters. The highest BCUT2D eigenvalue weighted by Crippen LogP contribution is 2.22. The fraction of sp³-hybridized carbons (Fsp3) is 0.818. The Morgan fingerprint density at radius 3 is 2.03 bits per heavy atom. The Labute approximate surface area is 185 Å². The summed E-state index contributed by atoms with van der Waals surface area (Å²) < 4.78 is 0. The van der Waals surface area contributed by atoms with Crippen LogP contribution in [0.1, 0.15) is 67.2 Å². The van der Waals surface area contributed by atoms with Crippen molar-refractivity contribution in [2.45, 2.75) is 91.4 Å². The number of carbonyl (C=O) groups excluding carboxylic acids is 3. The molecule has 1 aliphatic heterocycles. The van der Waals surface area contributed by atoms with Crippen LogP contribution in [0.15, 0.2) is 0 Å². The lowest BCUT2D eigenvalue weighted by atomic mass is 9.95. The van der Waals surface area contributed by atoms with Gasteiger partial charge in [-0.15, -0.1) is 0 Å². The van der Waals surface area contributed by atoms with Crippen LogP contribution in [-0.2, 0) is 19.2 Å². The molecule has 0 saturated carbocycles. The van der Waals surface area contributed by atoms with Crippen LogP contribution < -0.4 is 16.4 Å². The van der Waals surface area contributed by atoms with Crippen molar-refractivity contribution in [2.75, 3.05) is 6.54 Å². The van der Waals surface area contributed by atoms with E-state index in [0.717, 1.165) is 0 Å². The molecule has 0 spiro atoms. The topological polar surface area (TPSA) is 142 Å². The molecule has 3 amide bonds. The van der Waals surface area contributed by atoms with Gasteiger partial charge in [0.2, 0.25) is 17.7 Å². The van der Waals surface area contributed by atoms with Gasteiger partial charge in [0.25, 0.3) is 0 Å². The summed E-state index contributed by atoms with van der Waals surface area (Å²) in [6, 6.07) is -3.28. The average molecular weight is 441 g/mol. The zero-order chi connectivity index (χ0) is 23.9. The average Bonchev–Trinajstić information content (AvgIpc) is 3.22. The second-order valence-electron chi connectivity index (χ2n) is 9.04. The number of nitrogens with one attached hydrogen (secondary N) is 2. The Bertz CT molecular complexity index is 654. The molecule has 6 atom stereocenters. The summed E-state index contributed by atoms with van der Waals surface area (Å²) in [5, 5.41) is 14.9. The van der Waals surface area contributed by atoms with Crippen LogP contribution in [0.5, 0.6) is 0 Å². The van der Waals surface area contributed by atoms with Gasteiger partial charge in [0.15, 0.2) is 0 Å². The number of hydrogen-bond donors (Lipinski definition) is 4. The van der Waals surface area contributed by atoms with E-state index in [4.69, 9.17) is 5.73 Å². The number of nitrogens with two attached hydrogens (primary N) is 1. The minimum absolute atomic E-state index is 0.0773. The zero-order valence-corrected chi connectivity index (χ0v) is 19.7. The summed E-state index contributed by atoms with van der Waals surface area (Å²) >= 11 is 0. The zero-order valence-electron chi connectivity index (χ0n) is 19.7. The molecule has 5 N–H and O–H groups in total. The van der Waals surface area contributed by atoms with Crippen LogP contribution in [0.25, 0.3) is 0 Å². The Kier molecular flexibility index (Phi) is 10.4. The van der Waals surface area contributed by atoms with Gasteiger partial charge >= 0.3 is 5.97 Å². The fourth-order valence-corrected chi connectivity index (χ4v) is 3.65. The lowest BCUT2D eigenvalue weighted by molar-refractivity contribution is -0.146. The van der Waals surface area contributed by atoms with Crippen LogP contribution in [0, 0.1) is 17.8 Å². The first-order chi connectivity index (χ1) is 14.5. The second kappa shape index (κ2) is 12.0. The molecule has 1 aliphatic rings. The Morgan fingerprint density at radius 2 is 1.55 bits per heavy atom. The maximum atomic E-state index is 13.4. The predicted molar refractivity (Wildman–Crippen MR) is 118 cm³/mol. The van der Waals surface area contributed by atoms with Crippen molar-refractivity contribution in [1.29, 1.82) is 0 Å². The molecule has 0 bridgehead atoms. The van der Waals surface area contributed by atoms with Gasteiger partial charge < -0.3 is 26.4 Å². The van der Waals surface area contributed by atoms with E-state index in [0.29, 0.717) is 32.2 Å². The monoisotopic (exact) mass is 440 g/mol. The normalized spacial score (nSPS) is 21.2. The van der Waals surface area contributed by atoms with E-state index >= 15 is 0 Å². The Balaban J connectivity index is 3.02. The number of amides is 3. The van der Waals surface area contributed by atoms with Gasteiger partial charge in [0.05, 0.1) is 6.04 Å². The number of rotatable bonds is 11. The van der Waals surface area contributed by atoms with Gasteiger partial charge in [-0.3, -0.25) is 14.4 Å². The fourth-order valence-electron chi connectivity index (χ4n) is 3.65. The molecular formula is C22H40N4O5. The van der Waals surface area contributed by atoms with Gasteiger partial charge in [-0.1, -0.05) is 54.4 Å². The number of hydrogen-bond acceptors (Lipinski definition) is 5. The molecule has 9 nitrogen and oxygen atoms in total. The van der Waals surface area contributed by atoms with Crippen molar-refractivity contribution in [2.24, 2.45) is 23.5 Å². The number of carboxylic acid groups (broad SMARTS) is 1. The van der Waals surface area contributed by atoms with E-state index in [9.17, 15) is 24.3 Å². The summed E-state index contributed by atoms with van der Waals surface area (Å²) in [7, 11) is 0. The highest BCUT2D eigenvalue weighted by Gasteiger charge is 2.41. The van der Waals surface area contributed by atoms with Crippen molar-refractivity contribution in [1.82, 2.24) is 15.5 Å². The predicted octanol–water partition coefficient (Wildman–Crippen LogP) is 1.11. The summed E-state index contributed by atoms with van der Waals surface area (Å²) in [6.07, 6.45) is 2.35. The molecule has 1 saturated heterocycles. The number of carboxylic acids is 1. The van der Waals surface area contributed by atoms with Crippen LogP contribution in [0.2, 0.25) is 0 Å². The first-order valence-electron chi connectivity index (χ1n) is 11.4. The number of nitrogens with zero attached hydrogens (tertiary/aromatic N) is 1. The third-order valence-corrected chi connectivity index (χ3v) is 6.41. The number of aliphatic carboxylic acids is 1. The van der Waals surface area contributed by atoms with Gasteiger partial charge in [-0.2, -0.15) is 0 Å². The van der Waals surface area contributed by atoms with Crippen molar-refractivity contribution in [3.05, 3.63) is 0 Å². The number of carbonyl (C=O) groups is 4. The minimum Gasteiger partial charge on any atom is -0.480 e. The van der Waals surface area contributed by atoms with Crippen molar-refractivity contribution < 1.29 is 24.3 Å².